The quantitative estimate of drug-likeness (QED) is 0.554. The van der Waals surface area contributed by atoms with E-state index in [2.05, 4.69) is 18.0 Å². The van der Waals surface area contributed by atoms with Gasteiger partial charge in [-0.25, -0.2) is 0 Å². The van der Waals surface area contributed by atoms with Gasteiger partial charge in [0.2, 0.25) is 0 Å². The molecule has 1 aromatic rings. The summed E-state index contributed by atoms with van der Waals surface area (Å²) < 4.78 is 10.6. The van der Waals surface area contributed by atoms with E-state index in [1.54, 1.807) is 7.11 Å². The third-order valence-electron chi connectivity index (χ3n) is 2.20. The molecule has 0 radical (unpaired) electrons. The Bertz CT molecular complexity index is 350. The van der Waals surface area contributed by atoms with E-state index in [1.165, 1.54) is 5.56 Å². The first-order valence-corrected chi connectivity index (χ1v) is 5.78. The summed E-state index contributed by atoms with van der Waals surface area (Å²) in [6.07, 6.45) is 0. The molecule has 0 aliphatic carbocycles. The Balaban J connectivity index is 2.39. The monoisotopic (exact) mass is 235 g/mol. The van der Waals surface area contributed by atoms with Crippen LogP contribution in [-0.4, -0.2) is 26.9 Å². The summed E-state index contributed by atoms with van der Waals surface area (Å²) >= 11 is 0. The van der Waals surface area contributed by atoms with Gasteiger partial charge in [0.05, 0.1) is 6.61 Å². The zero-order valence-corrected chi connectivity index (χ0v) is 10.7. The minimum atomic E-state index is 0.570. The van der Waals surface area contributed by atoms with Gasteiger partial charge in [0, 0.05) is 20.2 Å². The number of nitrogens with one attached hydrogen (secondary N) is 1. The highest BCUT2D eigenvalue weighted by Crippen LogP contribution is 2.13. The predicted molar refractivity (Wildman–Crippen MR) is 70.3 cm³/mol. The molecule has 0 aromatic heterocycles. The Labute approximate surface area is 103 Å². The smallest absolute Gasteiger partial charge is 0.120 e. The minimum absolute atomic E-state index is 0.570. The summed E-state index contributed by atoms with van der Waals surface area (Å²) in [7, 11) is 1.70. The Morgan fingerprint density at radius 1 is 1.41 bits per heavy atom. The summed E-state index contributed by atoms with van der Waals surface area (Å²) in [5.41, 5.74) is 2.23. The molecule has 0 aliphatic rings. The van der Waals surface area contributed by atoms with E-state index in [4.69, 9.17) is 9.47 Å². The molecule has 1 aromatic carbocycles. The predicted octanol–water partition coefficient (Wildman–Crippen LogP) is 2.38. The number of benzene rings is 1. The lowest BCUT2D eigenvalue weighted by atomic mass is 10.2. The van der Waals surface area contributed by atoms with Crippen molar-refractivity contribution in [3.05, 3.63) is 42.0 Å². The first-order chi connectivity index (χ1) is 8.22. The third-order valence-corrected chi connectivity index (χ3v) is 2.20. The molecule has 17 heavy (non-hydrogen) atoms. The zero-order valence-electron chi connectivity index (χ0n) is 10.7. The van der Waals surface area contributed by atoms with Gasteiger partial charge in [-0.1, -0.05) is 18.7 Å². The fraction of sp³-hybridized carbons (Fsp3) is 0.429. The van der Waals surface area contributed by atoms with Crippen LogP contribution in [0.1, 0.15) is 12.5 Å². The van der Waals surface area contributed by atoms with Crippen LogP contribution >= 0.6 is 0 Å². The second-order valence-electron chi connectivity index (χ2n) is 4.06. The van der Waals surface area contributed by atoms with E-state index in [1.807, 2.05) is 25.1 Å². The molecule has 0 saturated heterocycles. The van der Waals surface area contributed by atoms with Gasteiger partial charge in [-0.3, -0.25) is 0 Å². The van der Waals surface area contributed by atoms with Crippen LogP contribution in [0.3, 0.4) is 0 Å². The maximum atomic E-state index is 5.58. The highest BCUT2D eigenvalue weighted by Gasteiger charge is 1.97. The number of hydrogen-bond donors (Lipinski definition) is 1. The van der Waals surface area contributed by atoms with Gasteiger partial charge in [-0.15, -0.1) is 0 Å². The number of methoxy groups -OCH3 is 1. The summed E-state index contributed by atoms with van der Waals surface area (Å²) in [5, 5.41) is 3.30. The topological polar surface area (TPSA) is 30.5 Å². The fourth-order valence-corrected chi connectivity index (χ4v) is 1.36. The van der Waals surface area contributed by atoms with Gasteiger partial charge in [0.15, 0.2) is 0 Å². The molecule has 3 nitrogen and oxygen atoms in total. The lowest BCUT2D eigenvalue weighted by Gasteiger charge is -2.08. The average Bonchev–Trinajstić information content (AvgIpc) is 2.33. The summed E-state index contributed by atoms with van der Waals surface area (Å²) in [6.45, 7) is 8.75. The van der Waals surface area contributed by atoms with Crippen molar-refractivity contribution >= 4 is 0 Å². The highest BCUT2D eigenvalue weighted by molar-refractivity contribution is 5.28. The Morgan fingerprint density at radius 3 is 2.94 bits per heavy atom. The first-order valence-electron chi connectivity index (χ1n) is 5.78. The van der Waals surface area contributed by atoms with E-state index in [-0.39, 0.29) is 0 Å². The van der Waals surface area contributed by atoms with Crippen LogP contribution in [0.25, 0.3) is 0 Å². The standard InChI is InChI=1S/C14H21NO2/c1-12(2)11-17-14-6-4-5-13(9-14)10-15-7-8-16-3/h4-6,9,15H,1,7-8,10-11H2,2-3H3. The SMILES string of the molecule is C=C(C)COc1cccc(CNCCOC)c1. The Kier molecular flexibility index (Phi) is 6.37. The molecule has 0 spiro atoms. The van der Waals surface area contributed by atoms with Crippen LogP contribution in [0, 0.1) is 0 Å². The van der Waals surface area contributed by atoms with Crippen molar-refractivity contribution < 1.29 is 9.47 Å². The molecule has 3 heteroatoms. The van der Waals surface area contributed by atoms with Crippen molar-refractivity contribution in [2.24, 2.45) is 0 Å². The normalized spacial score (nSPS) is 10.2. The van der Waals surface area contributed by atoms with Crippen molar-refractivity contribution in [2.45, 2.75) is 13.5 Å². The van der Waals surface area contributed by atoms with Crippen molar-refractivity contribution in [1.29, 1.82) is 0 Å². The van der Waals surface area contributed by atoms with Gasteiger partial charge < -0.3 is 14.8 Å². The molecule has 0 atom stereocenters. The first kappa shape index (κ1) is 13.7. The molecule has 0 unspecified atom stereocenters. The summed E-state index contributed by atoms with van der Waals surface area (Å²) in [5.74, 6) is 0.888. The van der Waals surface area contributed by atoms with E-state index < -0.39 is 0 Å². The zero-order chi connectivity index (χ0) is 12.5. The van der Waals surface area contributed by atoms with Crippen LogP contribution in [0.2, 0.25) is 0 Å². The van der Waals surface area contributed by atoms with E-state index in [0.29, 0.717) is 6.61 Å². The Hall–Kier alpha value is -1.32. The van der Waals surface area contributed by atoms with Crippen LogP contribution in [0.15, 0.2) is 36.4 Å². The molecule has 0 amide bonds. The molecule has 0 heterocycles. The molecule has 0 bridgehead atoms. The molecule has 0 saturated carbocycles. The van der Waals surface area contributed by atoms with Crippen molar-refractivity contribution in [2.75, 3.05) is 26.9 Å². The van der Waals surface area contributed by atoms with Crippen molar-refractivity contribution in [1.82, 2.24) is 5.32 Å². The van der Waals surface area contributed by atoms with E-state index in [9.17, 15) is 0 Å². The van der Waals surface area contributed by atoms with Gasteiger partial charge in [-0.2, -0.15) is 0 Å². The summed E-state index contributed by atoms with van der Waals surface area (Å²) in [4.78, 5) is 0. The van der Waals surface area contributed by atoms with Gasteiger partial charge in [-0.05, 0) is 30.2 Å². The maximum Gasteiger partial charge on any atom is 0.120 e. The van der Waals surface area contributed by atoms with E-state index in [0.717, 1.165) is 31.0 Å². The van der Waals surface area contributed by atoms with Crippen molar-refractivity contribution in [3.8, 4) is 5.75 Å². The third kappa shape index (κ3) is 6.09. The van der Waals surface area contributed by atoms with Crippen LogP contribution < -0.4 is 10.1 Å². The van der Waals surface area contributed by atoms with Gasteiger partial charge in [0.25, 0.3) is 0 Å². The van der Waals surface area contributed by atoms with Gasteiger partial charge >= 0.3 is 0 Å². The second-order valence-corrected chi connectivity index (χ2v) is 4.06. The van der Waals surface area contributed by atoms with E-state index >= 15 is 0 Å². The second kappa shape index (κ2) is 7.87. The number of ether oxygens (including phenoxy) is 2. The van der Waals surface area contributed by atoms with Crippen LogP contribution in [0.4, 0.5) is 0 Å². The molecular weight excluding hydrogens is 214 g/mol. The lowest BCUT2D eigenvalue weighted by molar-refractivity contribution is 0.199. The lowest BCUT2D eigenvalue weighted by Crippen LogP contribution is -2.18. The molecule has 1 rings (SSSR count). The van der Waals surface area contributed by atoms with Gasteiger partial charge in [0.1, 0.15) is 12.4 Å². The number of rotatable bonds is 8. The number of hydrogen-bond acceptors (Lipinski definition) is 3. The molecular formula is C14H21NO2. The Morgan fingerprint density at radius 2 is 2.24 bits per heavy atom. The minimum Gasteiger partial charge on any atom is -0.489 e. The van der Waals surface area contributed by atoms with Crippen LogP contribution in [0.5, 0.6) is 5.75 Å². The largest absolute Gasteiger partial charge is 0.489 e. The molecule has 94 valence electrons. The maximum absolute atomic E-state index is 5.58. The molecule has 0 aliphatic heterocycles. The summed E-state index contributed by atoms with van der Waals surface area (Å²) in [6, 6.07) is 8.08. The molecule has 0 fully saturated rings. The highest BCUT2D eigenvalue weighted by atomic mass is 16.5. The average molecular weight is 235 g/mol. The fourth-order valence-electron chi connectivity index (χ4n) is 1.36. The van der Waals surface area contributed by atoms with Crippen LogP contribution in [-0.2, 0) is 11.3 Å². The molecule has 1 N–H and O–H groups in total. The van der Waals surface area contributed by atoms with Crippen molar-refractivity contribution in [3.63, 3.8) is 0 Å².